The molecule has 1 aromatic rings. The highest BCUT2D eigenvalue weighted by Crippen LogP contribution is 2.41. The van der Waals surface area contributed by atoms with Crippen molar-refractivity contribution in [3.05, 3.63) is 33.1 Å². The molecule has 27 heavy (non-hydrogen) atoms. The standard InChI is InChI=1S/C19H26N4O4/c24-15-4-8-22(18(27)20-15)12-17(26)21-9-6-19(7-10-21)5-3-16(25)23(13-19)11-14-1-2-14/h4,8,14H,1-3,5-7,9-13H2,(H,20,24,27). The van der Waals surface area contributed by atoms with E-state index in [1.165, 1.54) is 29.7 Å². The van der Waals surface area contributed by atoms with Gasteiger partial charge >= 0.3 is 5.69 Å². The Balaban J connectivity index is 1.35. The van der Waals surface area contributed by atoms with Gasteiger partial charge in [0.2, 0.25) is 11.8 Å². The Morgan fingerprint density at radius 3 is 2.56 bits per heavy atom. The normalized spacial score (nSPS) is 22.3. The van der Waals surface area contributed by atoms with Crippen LogP contribution in [0.1, 0.15) is 38.5 Å². The summed E-state index contributed by atoms with van der Waals surface area (Å²) in [7, 11) is 0. The highest BCUT2D eigenvalue weighted by Gasteiger charge is 2.42. The molecule has 0 aromatic carbocycles. The number of likely N-dealkylation sites (tertiary alicyclic amines) is 2. The van der Waals surface area contributed by atoms with Crippen LogP contribution in [0.2, 0.25) is 0 Å². The number of aromatic amines is 1. The first kappa shape index (κ1) is 18.0. The molecule has 0 bridgehead atoms. The molecule has 2 aliphatic heterocycles. The Morgan fingerprint density at radius 1 is 1.15 bits per heavy atom. The van der Waals surface area contributed by atoms with Crippen molar-refractivity contribution in [3.8, 4) is 0 Å². The second kappa shape index (κ2) is 6.98. The highest BCUT2D eigenvalue weighted by atomic mass is 16.2. The molecule has 2 saturated heterocycles. The molecule has 3 heterocycles. The average Bonchev–Trinajstić information content (AvgIpc) is 3.45. The Kier molecular flexibility index (Phi) is 4.65. The van der Waals surface area contributed by atoms with E-state index >= 15 is 0 Å². The third kappa shape index (κ3) is 3.99. The molecule has 2 amide bonds. The first-order valence-electron chi connectivity index (χ1n) is 9.79. The number of carbonyl (C=O) groups excluding carboxylic acids is 2. The van der Waals surface area contributed by atoms with Crippen molar-refractivity contribution in [2.45, 2.75) is 45.1 Å². The van der Waals surface area contributed by atoms with E-state index in [9.17, 15) is 19.2 Å². The van der Waals surface area contributed by atoms with Crippen LogP contribution in [0.5, 0.6) is 0 Å². The third-order valence-corrected chi connectivity index (χ3v) is 6.30. The van der Waals surface area contributed by atoms with Gasteiger partial charge in [0, 0.05) is 44.9 Å². The van der Waals surface area contributed by atoms with Gasteiger partial charge in [-0.1, -0.05) is 0 Å². The van der Waals surface area contributed by atoms with Crippen molar-refractivity contribution < 1.29 is 9.59 Å². The molecule has 8 nitrogen and oxygen atoms in total. The molecule has 1 N–H and O–H groups in total. The minimum atomic E-state index is -0.564. The second-order valence-corrected chi connectivity index (χ2v) is 8.34. The molecule has 3 fully saturated rings. The monoisotopic (exact) mass is 374 g/mol. The summed E-state index contributed by atoms with van der Waals surface area (Å²) in [5.74, 6) is 0.866. The number of aromatic nitrogens is 2. The maximum absolute atomic E-state index is 12.6. The SMILES string of the molecule is O=C(Cn1ccc(=O)[nH]c1=O)N1CCC2(CCC(=O)N(CC3CC3)C2)CC1. The van der Waals surface area contributed by atoms with Crippen LogP contribution >= 0.6 is 0 Å². The summed E-state index contributed by atoms with van der Waals surface area (Å²) < 4.78 is 1.23. The zero-order valence-electron chi connectivity index (χ0n) is 15.5. The summed E-state index contributed by atoms with van der Waals surface area (Å²) in [5.41, 5.74) is -0.897. The Morgan fingerprint density at radius 2 is 1.89 bits per heavy atom. The van der Waals surface area contributed by atoms with Gasteiger partial charge in [0.15, 0.2) is 0 Å². The van der Waals surface area contributed by atoms with Crippen LogP contribution in [0.25, 0.3) is 0 Å². The van der Waals surface area contributed by atoms with Crippen molar-refractivity contribution in [2.24, 2.45) is 11.3 Å². The number of carbonyl (C=O) groups is 2. The van der Waals surface area contributed by atoms with E-state index in [0.29, 0.717) is 25.4 Å². The fraction of sp³-hybridized carbons (Fsp3) is 0.684. The molecular weight excluding hydrogens is 348 g/mol. The van der Waals surface area contributed by atoms with E-state index in [0.717, 1.165) is 32.4 Å². The van der Waals surface area contributed by atoms with Gasteiger partial charge < -0.3 is 9.80 Å². The second-order valence-electron chi connectivity index (χ2n) is 8.34. The fourth-order valence-corrected chi connectivity index (χ4v) is 4.33. The van der Waals surface area contributed by atoms with Crippen LogP contribution < -0.4 is 11.2 Å². The first-order chi connectivity index (χ1) is 12.9. The summed E-state index contributed by atoms with van der Waals surface area (Å²) >= 11 is 0. The zero-order valence-corrected chi connectivity index (χ0v) is 15.5. The molecule has 0 atom stereocenters. The minimum Gasteiger partial charge on any atom is -0.342 e. The van der Waals surface area contributed by atoms with Crippen LogP contribution in [-0.2, 0) is 16.1 Å². The first-order valence-corrected chi connectivity index (χ1v) is 9.79. The number of piperidine rings is 2. The van der Waals surface area contributed by atoms with Crippen molar-refractivity contribution in [3.63, 3.8) is 0 Å². The summed E-state index contributed by atoms with van der Waals surface area (Å²) in [6, 6.07) is 1.24. The lowest BCUT2D eigenvalue weighted by molar-refractivity contribution is -0.143. The van der Waals surface area contributed by atoms with Gasteiger partial charge in [0.05, 0.1) is 0 Å². The maximum atomic E-state index is 12.6. The van der Waals surface area contributed by atoms with Crippen molar-refractivity contribution in [1.82, 2.24) is 19.4 Å². The summed E-state index contributed by atoms with van der Waals surface area (Å²) in [5, 5.41) is 0. The lowest BCUT2D eigenvalue weighted by atomic mass is 9.72. The number of H-pyrrole nitrogens is 1. The van der Waals surface area contributed by atoms with E-state index in [4.69, 9.17) is 0 Å². The number of nitrogens with one attached hydrogen (secondary N) is 1. The van der Waals surface area contributed by atoms with Gasteiger partial charge in [-0.25, -0.2) is 4.79 Å². The maximum Gasteiger partial charge on any atom is 0.328 e. The van der Waals surface area contributed by atoms with Crippen LogP contribution in [0.3, 0.4) is 0 Å². The van der Waals surface area contributed by atoms with Gasteiger partial charge in [-0.15, -0.1) is 0 Å². The van der Waals surface area contributed by atoms with Crippen LogP contribution in [0.15, 0.2) is 21.9 Å². The van der Waals surface area contributed by atoms with E-state index < -0.39 is 11.2 Å². The van der Waals surface area contributed by atoms with E-state index in [2.05, 4.69) is 9.88 Å². The number of amides is 2. The molecule has 0 radical (unpaired) electrons. The predicted molar refractivity (Wildman–Crippen MR) is 98.1 cm³/mol. The topological polar surface area (TPSA) is 95.5 Å². The third-order valence-electron chi connectivity index (χ3n) is 6.30. The average molecular weight is 374 g/mol. The molecule has 1 aliphatic carbocycles. The molecule has 3 aliphatic rings. The lowest BCUT2D eigenvalue weighted by Crippen LogP contribution is -2.53. The number of hydrogen-bond acceptors (Lipinski definition) is 4. The molecule has 1 aromatic heterocycles. The number of rotatable bonds is 4. The Labute approximate surface area is 157 Å². The summed E-state index contributed by atoms with van der Waals surface area (Å²) in [6.45, 7) is 2.97. The van der Waals surface area contributed by atoms with E-state index in [1.54, 1.807) is 4.90 Å². The molecular formula is C19H26N4O4. The van der Waals surface area contributed by atoms with Crippen LogP contribution in [0.4, 0.5) is 0 Å². The molecule has 146 valence electrons. The Bertz CT molecular complexity index is 846. The number of nitrogens with zero attached hydrogens (tertiary/aromatic N) is 3. The van der Waals surface area contributed by atoms with E-state index in [-0.39, 0.29) is 23.8 Å². The minimum absolute atomic E-state index is 0.0606. The van der Waals surface area contributed by atoms with Crippen molar-refractivity contribution in [1.29, 1.82) is 0 Å². The smallest absolute Gasteiger partial charge is 0.328 e. The van der Waals surface area contributed by atoms with Gasteiger partial charge in [-0.05, 0) is 43.4 Å². The van der Waals surface area contributed by atoms with Gasteiger partial charge in [-0.2, -0.15) is 0 Å². The molecule has 8 heteroatoms. The largest absolute Gasteiger partial charge is 0.342 e. The quantitative estimate of drug-likeness (QED) is 0.813. The molecule has 1 spiro atoms. The van der Waals surface area contributed by atoms with Gasteiger partial charge in [0.1, 0.15) is 6.54 Å². The van der Waals surface area contributed by atoms with Gasteiger partial charge in [0.25, 0.3) is 5.56 Å². The predicted octanol–water partition coefficient (Wildman–Crippen LogP) is 0.178. The zero-order chi connectivity index (χ0) is 19.0. The summed E-state index contributed by atoms with van der Waals surface area (Å²) in [4.78, 5) is 53.7. The van der Waals surface area contributed by atoms with E-state index in [1.807, 2.05) is 0 Å². The molecule has 4 rings (SSSR count). The van der Waals surface area contributed by atoms with Gasteiger partial charge in [-0.3, -0.25) is 23.9 Å². The highest BCUT2D eigenvalue weighted by molar-refractivity contribution is 5.77. The Hall–Kier alpha value is -2.38. The molecule has 0 unspecified atom stereocenters. The van der Waals surface area contributed by atoms with Crippen LogP contribution in [-0.4, -0.2) is 57.3 Å². The lowest BCUT2D eigenvalue weighted by Gasteiger charge is -2.47. The van der Waals surface area contributed by atoms with Crippen LogP contribution in [0, 0.1) is 11.3 Å². The number of hydrogen-bond donors (Lipinski definition) is 1. The van der Waals surface area contributed by atoms with Crippen molar-refractivity contribution >= 4 is 11.8 Å². The van der Waals surface area contributed by atoms with Crippen molar-refractivity contribution in [2.75, 3.05) is 26.2 Å². The fourth-order valence-electron chi connectivity index (χ4n) is 4.33. The molecule has 1 saturated carbocycles. The summed E-state index contributed by atoms with van der Waals surface area (Å²) in [6.07, 6.45) is 7.16.